The van der Waals surface area contributed by atoms with Gasteiger partial charge in [-0.15, -0.1) is 5.10 Å². The lowest BCUT2D eigenvalue weighted by atomic mass is 10.2. The maximum Gasteiger partial charge on any atom is 0.345 e. The second-order valence-corrected chi connectivity index (χ2v) is 6.41. The Morgan fingerprint density at radius 2 is 1.86 bits per heavy atom. The summed E-state index contributed by atoms with van der Waals surface area (Å²) in [6.07, 6.45) is -0.727. The van der Waals surface area contributed by atoms with Crippen LogP contribution in [0.5, 0.6) is 11.5 Å². The highest BCUT2D eigenvalue weighted by atomic mass is 16.6. The number of benzene rings is 2. The van der Waals surface area contributed by atoms with E-state index in [1.807, 2.05) is 42.5 Å². The number of rotatable bonds is 5. The third-order valence-corrected chi connectivity index (χ3v) is 4.50. The normalized spacial score (nSPS) is 15.2. The fraction of sp³-hybridized carbons (Fsp3) is 0.250. The lowest BCUT2D eigenvalue weighted by Crippen LogP contribution is -2.45. The van der Waals surface area contributed by atoms with Crippen molar-refractivity contribution in [3.63, 3.8) is 0 Å². The number of nitrogens with one attached hydrogen (secondary N) is 1. The van der Waals surface area contributed by atoms with E-state index in [9.17, 15) is 9.59 Å². The minimum absolute atomic E-state index is 0.143. The van der Waals surface area contributed by atoms with E-state index in [-0.39, 0.29) is 31.3 Å². The van der Waals surface area contributed by atoms with E-state index in [0.29, 0.717) is 17.3 Å². The van der Waals surface area contributed by atoms with Gasteiger partial charge in [0.2, 0.25) is 6.10 Å². The molecule has 2 heterocycles. The monoisotopic (exact) mass is 380 g/mol. The summed E-state index contributed by atoms with van der Waals surface area (Å²) >= 11 is 0. The molecular formula is C20H20N4O4. The van der Waals surface area contributed by atoms with Gasteiger partial charge in [-0.1, -0.05) is 42.5 Å². The van der Waals surface area contributed by atoms with Gasteiger partial charge in [0.15, 0.2) is 17.3 Å². The van der Waals surface area contributed by atoms with Gasteiger partial charge in [-0.25, -0.2) is 9.48 Å². The van der Waals surface area contributed by atoms with E-state index in [4.69, 9.17) is 9.47 Å². The number of nitrogens with zero attached hydrogens (tertiary/aromatic N) is 3. The molecule has 3 aromatic rings. The van der Waals surface area contributed by atoms with Crippen molar-refractivity contribution in [3.05, 3.63) is 65.1 Å². The van der Waals surface area contributed by atoms with Gasteiger partial charge in [0.1, 0.15) is 6.61 Å². The molecular weight excluding hydrogens is 360 g/mol. The quantitative estimate of drug-likeness (QED) is 0.719. The molecule has 4 rings (SSSR count). The molecule has 0 bridgehead atoms. The third kappa shape index (κ3) is 3.48. The van der Waals surface area contributed by atoms with Crippen LogP contribution in [-0.2, 0) is 18.4 Å². The van der Waals surface area contributed by atoms with Crippen LogP contribution in [0.25, 0.3) is 11.4 Å². The van der Waals surface area contributed by atoms with Gasteiger partial charge in [0.25, 0.3) is 5.91 Å². The van der Waals surface area contributed by atoms with Gasteiger partial charge in [-0.05, 0) is 12.1 Å². The Morgan fingerprint density at radius 3 is 2.64 bits per heavy atom. The first-order valence-electron chi connectivity index (χ1n) is 8.99. The largest absolute Gasteiger partial charge is 0.485 e. The van der Waals surface area contributed by atoms with Gasteiger partial charge in [0.05, 0.1) is 6.54 Å². The first-order valence-corrected chi connectivity index (χ1v) is 8.99. The Bertz CT molecular complexity index is 1040. The minimum Gasteiger partial charge on any atom is -0.485 e. The van der Waals surface area contributed by atoms with Crippen LogP contribution in [0.1, 0.15) is 0 Å². The van der Waals surface area contributed by atoms with Crippen LogP contribution >= 0.6 is 0 Å². The Morgan fingerprint density at radius 1 is 1.14 bits per heavy atom. The number of hydrogen-bond donors (Lipinski definition) is 1. The predicted molar refractivity (Wildman–Crippen MR) is 102 cm³/mol. The van der Waals surface area contributed by atoms with Crippen molar-refractivity contribution < 1.29 is 14.3 Å². The van der Waals surface area contributed by atoms with Gasteiger partial charge < -0.3 is 14.8 Å². The molecule has 1 aliphatic heterocycles. The summed E-state index contributed by atoms with van der Waals surface area (Å²) in [7, 11) is 1.68. The highest BCUT2D eigenvalue weighted by Gasteiger charge is 2.27. The Labute approximate surface area is 161 Å². The summed E-state index contributed by atoms with van der Waals surface area (Å²) < 4.78 is 14.1. The van der Waals surface area contributed by atoms with Crippen molar-refractivity contribution in [1.29, 1.82) is 0 Å². The van der Waals surface area contributed by atoms with Crippen LogP contribution in [0, 0.1) is 0 Å². The molecule has 0 saturated carbocycles. The van der Waals surface area contributed by atoms with Crippen LogP contribution in [-0.4, -0.2) is 39.5 Å². The van der Waals surface area contributed by atoms with E-state index in [1.54, 1.807) is 19.2 Å². The molecule has 1 aromatic heterocycles. The molecule has 1 unspecified atom stereocenters. The lowest BCUT2D eigenvalue weighted by molar-refractivity contribution is -0.130. The SMILES string of the molecule is Cn1c(-c2ccccc2)nn(CCNC(=O)C2COc3ccccc3O2)c1=O. The number of carbonyl (C=O) groups excluding carboxylic acids is 1. The molecule has 0 saturated heterocycles. The summed E-state index contributed by atoms with van der Waals surface area (Å²) in [5.41, 5.74) is 0.621. The zero-order valence-electron chi connectivity index (χ0n) is 15.4. The molecule has 0 radical (unpaired) electrons. The van der Waals surface area contributed by atoms with Crippen LogP contribution in [0.4, 0.5) is 0 Å². The van der Waals surface area contributed by atoms with Crippen molar-refractivity contribution >= 4 is 5.91 Å². The molecule has 0 aliphatic carbocycles. The predicted octanol–water partition coefficient (Wildman–Crippen LogP) is 1.20. The number of hydrogen-bond acceptors (Lipinski definition) is 5. The molecule has 1 aliphatic rings. The van der Waals surface area contributed by atoms with Crippen molar-refractivity contribution in [3.8, 4) is 22.9 Å². The Kier molecular flexibility index (Phi) is 4.84. The number of carbonyl (C=O) groups is 1. The fourth-order valence-electron chi connectivity index (χ4n) is 3.02. The van der Waals surface area contributed by atoms with Crippen molar-refractivity contribution in [2.24, 2.45) is 7.05 Å². The molecule has 144 valence electrons. The smallest absolute Gasteiger partial charge is 0.345 e. The standard InChI is InChI=1S/C20H20N4O4/c1-23-18(14-7-3-2-4-8-14)22-24(20(23)26)12-11-21-19(25)17-13-27-15-9-5-6-10-16(15)28-17/h2-10,17H,11-13H2,1H3,(H,21,25). The summed E-state index contributed by atoms with van der Waals surface area (Å²) in [6.45, 7) is 0.658. The number of ether oxygens (including phenoxy) is 2. The highest BCUT2D eigenvalue weighted by Crippen LogP contribution is 2.30. The van der Waals surface area contributed by atoms with E-state index in [0.717, 1.165) is 5.56 Å². The lowest BCUT2D eigenvalue weighted by Gasteiger charge is -2.25. The van der Waals surface area contributed by atoms with Crippen LogP contribution in [0.15, 0.2) is 59.4 Å². The molecule has 2 aromatic carbocycles. The topological polar surface area (TPSA) is 87.4 Å². The van der Waals surface area contributed by atoms with E-state index < -0.39 is 6.10 Å². The molecule has 0 spiro atoms. The maximum absolute atomic E-state index is 12.4. The molecule has 1 atom stereocenters. The number of aromatic nitrogens is 3. The van der Waals surface area contributed by atoms with Gasteiger partial charge in [0, 0.05) is 19.2 Å². The Hall–Kier alpha value is -3.55. The zero-order chi connectivity index (χ0) is 19.5. The first-order chi connectivity index (χ1) is 13.6. The van der Waals surface area contributed by atoms with Crippen LogP contribution < -0.4 is 20.5 Å². The van der Waals surface area contributed by atoms with Crippen molar-refractivity contribution in [1.82, 2.24) is 19.7 Å². The summed E-state index contributed by atoms with van der Waals surface area (Å²) in [5.74, 6) is 1.46. The van der Waals surface area contributed by atoms with Crippen molar-refractivity contribution in [2.45, 2.75) is 12.6 Å². The van der Waals surface area contributed by atoms with Crippen LogP contribution in [0.2, 0.25) is 0 Å². The average Bonchev–Trinajstić information content (AvgIpc) is 3.02. The molecule has 1 amide bonds. The average molecular weight is 380 g/mol. The van der Waals surface area contributed by atoms with E-state index in [2.05, 4.69) is 10.4 Å². The van der Waals surface area contributed by atoms with Crippen LogP contribution in [0.3, 0.4) is 0 Å². The molecule has 0 fully saturated rings. The number of amides is 1. The molecule has 8 nitrogen and oxygen atoms in total. The molecule has 8 heteroatoms. The number of fused-ring (bicyclic) bond motifs is 1. The first kappa shape index (κ1) is 17.8. The second kappa shape index (κ2) is 7.59. The van der Waals surface area contributed by atoms with Gasteiger partial charge in [-0.3, -0.25) is 9.36 Å². The van der Waals surface area contributed by atoms with E-state index >= 15 is 0 Å². The summed E-state index contributed by atoms with van der Waals surface area (Å²) in [5, 5.41) is 7.15. The zero-order valence-corrected chi connectivity index (χ0v) is 15.4. The van der Waals surface area contributed by atoms with E-state index in [1.165, 1.54) is 9.25 Å². The number of para-hydroxylation sites is 2. The summed E-state index contributed by atoms with van der Waals surface area (Å²) in [6, 6.07) is 16.7. The Balaban J connectivity index is 1.37. The molecule has 28 heavy (non-hydrogen) atoms. The van der Waals surface area contributed by atoms with Gasteiger partial charge in [-0.2, -0.15) is 0 Å². The van der Waals surface area contributed by atoms with Crippen molar-refractivity contribution in [2.75, 3.05) is 13.2 Å². The highest BCUT2D eigenvalue weighted by molar-refractivity contribution is 5.81. The molecule has 1 N–H and O–H groups in total. The minimum atomic E-state index is -0.727. The van der Waals surface area contributed by atoms with Gasteiger partial charge >= 0.3 is 5.69 Å². The third-order valence-electron chi connectivity index (χ3n) is 4.50. The maximum atomic E-state index is 12.4. The summed E-state index contributed by atoms with van der Waals surface area (Å²) in [4.78, 5) is 24.7. The fourth-order valence-corrected chi connectivity index (χ4v) is 3.02. The second-order valence-electron chi connectivity index (χ2n) is 6.41.